The molecule has 0 radical (unpaired) electrons. The molecule has 1 N–H and O–H groups in total. The average molecular weight is 514 g/mol. The van der Waals surface area contributed by atoms with Gasteiger partial charge in [-0.2, -0.15) is 0 Å². The largest absolute Gasteiger partial charge is 0.396 e. The molecule has 0 aromatic heterocycles. The SMILES string of the molecule is C#Cc1ccc(CN2C(=O)c3cc(C(C)(C)C)ccc3[C@]2(OCC2(CO)CC2)c2ccc(Cl)cc2)cc1. The molecule has 0 spiro atoms. The van der Waals surface area contributed by atoms with Crippen molar-refractivity contribution in [2.24, 2.45) is 5.41 Å². The van der Waals surface area contributed by atoms with Gasteiger partial charge in [-0.3, -0.25) is 9.69 Å². The van der Waals surface area contributed by atoms with E-state index >= 15 is 0 Å². The van der Waals surface area contributed by atoms with Crippen molar-refractivity contribution in [1.29, 1.82) is 0 Å². The van der Waals surface area contributed by atoms with E-state index in [0.29, 0.717) is 23.7 Å². The quantitative estimate of drug-likeness (QED) is 0.379. The van der Waals surface area contributed by atoms with Crippen LogP contribution in [0, 0.1) is 17.8 Å². The zero-order chi connectivity index (χ0) is 26.4. The second-order valence-corrected chi connectivity index (χ2v) is 11.8. The molecule has 4 nitrogen and oxygen atoms in total. The monoisotopic (exact) mass is 513 g/mol. The summed E-state index contributed by atoms with van der Waals surface area (Å²) in [4.78, 5) is 16.0. The molecule has 1 aliphatic heterocycles. The Morgan fingerprint density at radius 1 is 1.05 bits per heavy atom. The standard InChI is InChI=1S/C32H32ClNO3/c1-5-22-6-8-23(9-7-22)19-34-29(36)27-18-25(30(2,3)4)12-15-28(27)32(34,24-10-13-26(33)14-11-24)37-21-31(20-35)16-17-31/h1,6-15,18,35H,16-17,19-21H2,2-4H3/t32-/m1/s1. The second kappa shape index (κ2) is 9.33. The van der Waals surface area contributed by atoms with E-state index in [-0.39, 0.29) is 23.3 Å². The van der Waals surface area contributed by atoms with Gasteiger partial charge < -0.3 is 9.84 Å². The number of carbonyl (C=O) groups is 1. The van der Waals surface area contributed by atoms with Crippen molar-refractivity contribution in [2.45, 2.75) is 51.3 Å². The van der Waals surface area contributed by atoms with E-state index < -0.39 is 5.72 Å². The lowest BCUT2D eigenvalue weighted by atomic mass is 9.84. The number of nitrogens with zero attached hydrogens (tertiary/aromatic N) is 1. The maximum Gasteiger partial charge on any atom is 0.257 e. The van der Waals surface area contributed by atoms with Gasteiger partial charge >= 0.3 is 0 Å². The third-order valence-electron chi connectivity index (χ3n) is 7.68. The number of rotatable bonds is 7. The molecule has 1 heterocycles. The van der Waals surface area contributed by atoms with E-state index in [1.54, 1.807) is 0 Å². The van der Waals surface area contributed by atoms with Crippen LogP contribution in [0.25, 0.3) is 0 Å². The molecule has 1 amide bonds. The minimum atomic E-state index is -1.16. The van der Waals surface area contributed by atoms with Crippen molar-refractivity contribution in [3.8, 4) is 12.3 Å². The Morgan fingerprint density at radius 3 is 2.30 bits per heavy atom. The van der Waals surface area contributed by atoms with Crippen LogP contribution in [0.1, 0.15) is 71.8 Å². The van der Waals surface area contributed by atoms with Gasteiger partial charge in [0.15, 0.2) is 5.72 Å². The Labute approximate surface area is 224 Å². The normalized spacial score (nSPS) is 20.0. The zero-order valence-electron chi connectivity index (χ0n) is 21.6. The van der Waals surface area contributed by atoms with E-state index in [1.807, 2.05) is 65.6 Å². The molecule has 1 saturated carbocycles. The highest BCUT2D eigenvalue weighted by atomic mass is 35.5. The van der Waals surface area contributed by atoms with Crippen molar-refractivity contribution in [3.63, 3.8) is 0 Å². The molecule has 0 saturated heterocycles. The van der Waals surface area contributed by atoms with Gasteiger partial charge in [-0.1, -0.05) is 74.7 Å². The molecule has 3 aromatic carbocycles. The number of hydrogen-bond donors (Lipinski definition) is 1. The average Bonchev–Trinajstić information content (AvgIpc) is 3.64. The number of halogens is 1. The molecule has 190 valence electrons. The summed E-state index contributed by atoms with van der Waals surface area (Å²) in [6, 6.07) is 21.3. The molecule has 0 bridgehead atoms. The van der Waals surface area contributed by atoms with Crippen LogP contribution in [0.2, 0.25) is 5.02 Å². The summed E-state index contributed by atoms with van der Waals surface area (Å²) in [5.74, 6) is 2.56. The van der Waals surface area contributed by atoms with Gasteiger partial charge in [0.1, 0.15) is 0 Å². The van der Waals surface area contributed by atoms with Crippen molar-refractivity contribution < 1.29 is 14.6 Å². The summed E-state index contributed by atoms with van der Waals surface area (Å²) in [5.41, 5.74) is 3.53. The van der Waals surface area contributed by atoms with Crippen molar-refractivity contribution in [3.05, 3.63) is 105 Å². The van der Waals surface area contributed by atoms with Crippen LogP contribution in [0.15, 0.2) is 66.7 Å². The fraction of sp³-hybridized carbons (Fsp3) is 0.344. The third kappa shape index (κ3) is 4.57. The minimum Gasteiger partial charge on any atom is -0.396 e. The van der Waals surface area contributed by atoms with Crippen LogP contribution in [-0.4, -0.2) is 29.1 Å². The fourth-order valence-corrected chi connectivity index (χ4v) is 5.12. The number of aliphatic hydroxyl groups excluding tert-OH is 1. The summed E-state index contributed by atoms with van der Waals surface area (Å²) < 4.78 is 6.86. The molecule has 0 unspecified atom stereocenters. The Kier molecular flexibility index (Phi) is 6.44. The van der Waals surface area contributed by atoms with Crippen molar-refractivity contribution in [2.75, 3.05) is 13.2 Å². The summed E-state index contributed by atoms with van der Waals surface area (Å²) >= 11 is 6.27. The predicted octanol–water partition coefficient (Wildman–Crippen LogP) is 6.27. The number of hydrogen-bond acceptors (Lipinski definition) is 3. The van der Waals surface area contributed by atoms with Crippen molar-refractivity contribution >= 4 is 17.5 Å². The van der Waals surface area contributed by atoms with E-state index in [9.17, 15) is 9.90 Å². The Morgan fingerprint density at radius 2 is 1.73 bits per heavy atom. The number of terminal acetylenes is 1. The Hall–Kier alpha value is -3.10. The highest BCUT2D eigenvalue weighted by Crippen LogP contribution is 2.51. The number of carbonyl (C=O) groups excluding carboxylic acids is 1. The van der Waals surface area contributed by atoms with Crippen LogP contribution in [0.5, 0.6) is 0 Å². The summed E-state index contributed by atoms with van der Waals surface area (Å²) in [7, 11) is 0. The van der Waals surface area contributed by atoms with Crippen LogP contribution < -0.4 is 0 Å². The first-order chi connectivity index (χ1) is 17.6. The molecule has 1 atom stereocenters. The Balaban J connectivity index is 1.69. The molecule has 3 aromatic rings. The lowest BCUT2D eigenvalue weighted by molar-refractivity contribution is -0.128. The summed E-state index contributed by atoms with van der Waals surface area (Å²) in [5, 5.41) is 10.7. The highest BCUT2D eigenvalue weighted by Gasteiger charge is 2.54. The maximum atomic E-state index is 14.2. The molecule has 1 aliphatic carbocycles. The van der Waals surface area contributed by atoms with Gasteiger partial charge in [-0.25, -0.2) is 0 Å². The number of amides is 1. The first-order valence-electron chi connectivity index (χ1n) is 12.7. The molecule has 2 aliphatic rings. The second-order valence-electron chi connectivity index (χ2n) is 11.3. The molecule has 1 fully saturated rings. The number of aliphatic hydroxyl groups is 1. The maximum absolute atomic E-state index is 14.2. The van der Waals surface area contributed by atoms with Gasteiger partial charge in [0.25, 0.3) is 5.91 Å². The Bertz CT molecular complexity index is 1360. The van der Waals surface area contributed by atoms with Gasteiger partial charge in [0.05, 0.1) is 13.2 Å². The van der Waals surface area contributed by atoms with Crippen LogP contribution >= 0.6 is 11.6 Å². The first kappa shape index (κ1) is 25.5. The smallest absolute Gasteiger partial charge is 0.257 e. The first-order valence-corrected chi connectivity index (χ1v) is 13.0. The van der Waals surface area contributed by atoms with Gasteiger partial charge in [0, 0.05) is 39.2 Å². The van der Waals surface area contributed by atoms with Gasteiger partial charge in [-0.15, -0.1) is 6.42 Å². The van der Waals surface area contributed by atoms with Crippen LogP contribution in [-0.2, 0) is 22.4 Å². The minimum absolute atomic E-state index is 0.0566. The predicted molar refractivity (Wildman–Crippen MR) is 146 cm³/mol. The summed E-state index contributed by atoms with van der Waals surface area (Å²) in [6.45, 7) is 7.14. The lowest BCUT2D eigenvalue weighted by Crippen LogP contribution is -2.47. The van der Waals surface area contributed by atoms with Gasteiger partial charge in [-0.05, 0) is 59.7 Å². The summed E-state index contributed by atoms with van der Waals surface area (Å²) in [6.07, 6.45) is 7.36. The number of ether oxygens (including phenoxy) is 1. The lowest BCUT2D eigenvalue weighted by Gasteiger charge is -2.40. The highest BCUT2D eigenvalue weighted by molar-refractivity contribution is 6.30. The van der Waals surface area contributed by atoms with Crippen molar-refractivity contribution in [1.82, 2.24) is 4.90 Å². The van der Waals surface area contributed by atoms with E-state index in [4.69, 9.17) is 22.8 Å². The van der Waals surface area contributed by atoms with Gasteiger partial charge in [0.2, 0.25) is 0 Å². The van der Waals surface area contributed by atoms with E-state index in [2.05, 4.69) is 32.8 Å². The topological polar surface area (TPSA) is 49.8 Å². The van der Waals surface area contributed by atoms with E-state index in [1.165, 1.54) is 0 Å². The number of benzene rings is 3. The molecule has 5 rings (SSSR count). The molecule has 5 heteroatoms. The fourth-order valence-electron chi connectivity index (χ4n) is 5.00. The van der Waals surface area contributed by atoms with E-state index in [0.717, 1.165) is 40.7 Å². The van der Waals surface area contributed by atoms with Crippen LogP contribution in [0.3, 0.4) is 0 Å². The third-order valence-corrected chi connectivity index (χ3v) is 7.93. The zero-order valence-corrected chi connectivity index (χ0v) is 22.3. The molecule has 37 heavy (non-hydrogen) atoms. The number of fused-ring (bicyclic) bond motifs is 1. The molecular formula is C32H32ClNO3. The molecular weight excluding hydrogens is 482 g/mol. The van der Waals surface area contributed by atoms with Crippen LogP contribution in [0.4, 0.5) is 0 Å².